The van der Waals surface area contributed by atoms with Crippen molar-refractivity contribution in [3.8, 4) is 0 Å². The molecule has 0 aliphatic heterocycles. The fraction of sp³-hybridized carbons (Fsp3) is 0.211. The molecule has 0 fully saturated rings. The standard InChI is InChI=1S/C19H16ClN3O2/c20-16-6-2-1-5-14(16)12-8-17-15(18(24)9-12)11-22-19(23-17)21-10-13-4-3-7-25-13/h1-7,11-12H,8-10H2,(H,21,22,23)/t12-/m0/s1. The lowest BCUT2D eigenvalue weighted by molar-refractivity contribution is 0.0963. The van der Waals surface area contributed by atoms with Gasteiger partial charge in [0.1, 0.15) is 5.76 Å². The maximum atomic E-state index is 12.5. The predicted molar refractivity (Wildman–Crippen MR) is 94.9 cm³/mol. The number of hydrogen-bond donors (Lipinski definition) is 1. The molecule has 1 aromatic carbocycles. The highest BCUT2D eigenvalue weighted by molar-refractivity contribution is 6.31. The number of nitrogens with zero attached hydrogens (tertiary/aromatic N) is 2. The van der Waals surface area contributed by atoms with Crippen molar-refractivity contribution in [2.75, 3.05) is 5.32 Å². The minimum absolute atomic E-state index is 0.0431. The van der Waals surface area contributed by atoms with Gasteiger partial charge in [0.2, 0.25) is 5.95 Å². The lowest BCUT2D eigenvalue weighted by atomic mass is 9.82. The number of rotatable bonds is 4. The van der Waals surface area contributed by atoms with Crippen LogP contribution in [0, 0.1) is 0 Å². The van der Waals surface area contributed by atoms with Crippen molar-refractivity contribution < 1.29 is 9.21 Å². The fourth-order valence-electron chi connectivity index (χ4n) is 3.14. The third-order valence-electron chi connectivity index (χ3n) is 4.39. The first-order valence-corrected chi connectivity index (χ1v) is 8.48. The number of aromatic nitrogens is 2. The molecule has 4 rings (SSSR count). The lowest BCUT2D eigenvalue weighted by Gasteiger charge is -2.24. The van der Waals surface area contributed by atoms with Crippen molar-refractivity contribution in [2.24, 2.45) is 0 Å². The largest absolute Gasteiger partial charge is 0.467 e. The maximum absolute atomic E-state index is 12.5. The summed E-state index contributed by atoms with van der Waals surface area (Å²) in [7, 11) is 0. The van der Waals surface area contributed by atoms with Crippen LogP contribution < -0.4 is 5.32 Å². The van der Waals surface area contributed by atoms with Gasteiger partial charge in [0.15, 0.2) is 5.78 Å². The predicted octanol–water partition coefficient (Wildman–Crippen LogP) is 4.25. The van der Waals surface area contributed by atoms with Crippen LogP contribution in [0.1, 0.15) is 39.7 Å². The van der Waals surface area contributed by atoms with Gasteiger partial charge in [-0.25, -0.2) is 9.97 Å². The minimum atomic E-state index is 0.0431. The van der Waals surface area contributed by atoms with E-state index >= 15 is 0 Å². The van der Waals surface area contributed by atoms with Gasteiger partial charge < -0.3 is 9.73 Å². The molecule has 0 radical (unpaired) electrons. The number of carbonyl (C=O) groups excluding carboxylic acids is 1. The molecule has 0 saturated carbocycles. The van der Waals surface area contributed by atoms with E-state index in [0.717, 1.165) is 17.0 Å². The number of furan rings is 1. The number of anilines is 1. The number of halogens is 1. The molecule has 0 amide bonds. The van der Waals surface area contributed by atoms with Crippen molar-refractivity contribution in [3.05, 3.63) is 76.5 Å². The third-order valence-corrected chi connectivity index (χ3v) is 4.73. The molecule has 0 bridgehead atoms. The summed E-state index contributed by atoms with van der Waals surface area (Å²) in [6.45, 7) is 0.494. The SMILES string of the molecule is O=C1C[C@@H](c2ccccc2Cl)Cc2nc(NCc3ccco3)ncc21. The van der Waals surface area contributed by atoms with E-state index in [1.54, 1.807) is 12.5 Å². The molecule has 5 nitrogen and oxygen atoms in total. The van der Waals surface area contributed by atoms with Crippen molar-refractivity contribution in [2.45, 2.75) is 25.3 Å². The molecule has 1 N–H and O–H groups in total. The summed E-state index contributed by atoms with van der Waals surface area (Å²) in [5, 5.41) is 3.81. The van der Waals surface area contributed by atoms with E-state index in [0.29, 0.717) is 35.9 Å². The average Bonchev–Trinajstić information content (AvgIpc) is 3.13. The molecule has 2 aromatic heterocycles. The van der Waals surface area contributed by atoms with Gasteiger partial charge in [0, 0.05) is 17.6 Å². The normalized spacial score (nSPS) is 16.5. The molecular formula is C19H16ClN3O2. The Morgan fingerprint density at radius 1 is 1.20 bits per heavy atom. The van der Waals surface area contributed by atoms with Gasteiger partial charge in [0.05, 0.1) is 24.1 Å². The van der Waals surface area contributed by atoms with Gasteiger partial charge in [0.25, 0.3) is 0 Å². The number of fused-ring (bicyclic) bond motifs is 1. The summed E-state index contributed by atoms with van der Waals surface area (Å²) in [4.78, 5) is 21.3. The molecule has 126 valence electrons. The molecule has 2 heterocycles. The molecule has 0 saturated heterocycles. The molecule has 6 heteroatoms. The number of ketones is 1. The fourth-order valence-corrected chi connectivity index (χ4v) is 3.43. The monoisotopic (exact) mass is 353 g/mol. The van der Waals surface area contributed by atoms with E-state index in [9.17, 15) is 4.79 Å². The van der Waals surface area contributed by atoms with Crippen LogP contribution in [0.2, 0.25) is 5.02 Å². The Balaban J connectivity index is 1.57. The van der Waals surface area contributed by atoms with Crippen LogP contribution in [0.25, 0.3) is 0 Å². The molecular weight excluding hydrogens is 338 g/mol. The zero-order valence-electron chi connectivity index (χ0n) is 13.4. The van der Waals surface area contributed by atoms with E-state index < -0.39 is 0 Å². The number of carbonyl (C=O) groups is 1. The van der Waals surface area contributed by atoms with Gasteiger partial charge in [-0.15, -0.1) is 0 Å². The highest BCUT2D eigenvalue weighted by Crippen LogP contribution is 2.35. The van der Waals surface area contributed by atoms with Crippen LogP contribution in [0.4, 0.5) is 5.95 Å². The van der Waals surface area contributed by atoms with Gasteiger partial charge in [-0.05, 0) is 36.1 Å². The van der Waals surface area contributed by atoms with Gasteiger partial charge in [-0.3, -0.25) is 4.79 Å². The van der Waals surface area contributed by atoms with Gasteiger partial charge in [-0.1, -0.05) is 29.8 Å². The topological polar surface area (TPSA) is 68.0 Å². The average molecular weight is 354 g/mol. The summed E-state index contributed by atoms with van der Waals surface area (Å²) < 4.78 is 5.29. The van der Waals surface area contributed by atoms with Crippen LogP contribution in [0.3, 0.4) is 0 Å². The Morgan fingerprint density at radius 2 is 2.08 bits per heavy atom. The summed E-state index contributed by atoms with van der Waals surface area (Å²) in [5.41, 5.74) is 2.36. The molecule has 3 aromatic rings. The van der Waals surface area contributed by atoms with Crippen LogP contribution in [-0.4, -0.2) is 15.8 Å². The minimum Gasteiger partial charge on any atom is -0.467 e. The highest BCUT2D eigenvalue weighted by atomic mass is 35.5. The van der Waals surface area contributed by atoms with E-state index in [1.165, 1.54) is 0 Å². The Labute approximate surface area is 150 Å². The Hall–Kier alpha value is -2.66. The molecule has 1 atom stereocenters. The number of benzene rings is 1. The molecule has 25 heavy (non-hydrogen) atoms. The van der Waals surface area contributed by atoms with Crippen molar-refractivity contribution in [1.29, 1.82) is 0 Å². The van der Waals surface area contributed by atoms with E-state index in [-0.39, 0.29) is 11.7 Å². The van der Waals surface area contributed by atoms with E-state index in [4.69, 9.17) is 16.0 Å². The van der Waals surface area contributed by atoms with Crippen molar-refractivity contribution in [3.63, 3.8) is 0 Å². The second-order valence-electron chi connectivity index (χ2n) is 6.04. The van der Waals surface area contributed by atoms with Crippen molar-refractivity contribution >= 4 is 23.3 Å². The Bertz CT molecular complexity index is 909. The summed E-state index contributed by atoms with van der Waals surface area (Å²) in [6.07, 6.45) is 4.33. The second kappa shape index (κ2) is 6.69. The first-order valence-electron chi connectivity index (χ1n) is 8.10. The van der Waals surface area contributed by atoms with Gasteiger partial charge >= 0.3 is 0 Å². The number of nitrogens with one attached hydrogen (secondary N) is 1. The van der Waals surface area contributed by atoms with E-state index in [1.807, 2.05) is 36.4 Å². The third kappa shape index (κ3) is 3.28. The number of hydrogen-bond acceptors (Lipinski definition) is 5. The number of Topliss-reactive ketones (excluding diaryl/α,β-unsaturated/α-hetero) is 1. The second-order valence-corrected chi connectivity index (χ2v) is 6.44. The Kier molecular flexibility index (Phi) is 4.24. The molecule has 0 unspecified atom stereocenters. The first-order chi connectivity index (χ1) is 12.2. The Morgan fingerprint density at radius 3 is 2.88 bits per heavy atom. The maximum Gasteiger partial charge on any atom is 0.223 e. The zero-order valence-corrected chi connectivity index (χ0v) is 14.2. The van der Waals surface area contributed by atoms with Crippen LogP contribution in [0.5, 0.6) is 0 Å². The van der Waals surface area contributed by atoms with Crippen LogP contribution in [-0.2, 0) is 13.0 Å². The van der Waals surface area contributed by atoms with Crippen LogP contribution >= 0.6 is 11.6 Å². The lowest BCUT2D eigenvalue weighted by Crippen LogP contribution is -2.21. The molecule has 0 spiro atoms. The smallest absolute Gasteiger partial charge is 0.223 e. The quantitative estimate of drug-likeness (QED) is 0.759. The van der Waals surface area contributed by atoms with Crippen molar-refractivity contribution in [1.82, 2.24) is 9.97 Å². The summed E-state index contributed by atoms with van der Waals surface area (Å²) >= 11 is 6.30. The highest BCUT2D eigenvalue weighted by Gasteiger charge is 2.29. The van der Waals surface area contributed by atoms with Crippen LogP contribution in [0.15, 0.2) is 53.3 Å². The van der Waals surface area contributed by atoms with Gasteiger partial charge in [-0.2, -0.15) is 0 Å². The zero-order chi connectivity index (χ0) is 17.2. The molecule has 1 aliphatic rings. The summed E-state index contributed by atoms with van der Waals surface area (Å²) in [5.74, 6) is 1.39. The summed E-state index contributed by atoms with van der Waals surface area (Å²) in [6, 6.07) is 11.4. The molecule has 1 aliphatic carbocycles. The van der Waals surface area contributed by atoms with E-state index in [2.05, 4.69) is 15.3 Å². The first kappa shape index (κ1) is 15.8.